The number of allylic oxidation sites excluding steroid dienone is 1. The molecule has 0 radical (unpaired) electrons. The average Bonchev–Trinajstić information content (AvgIpc) is 2.17. The van der Waals surface area contributed by atoms with Gasteiger partial charge >= 0.3 is 0 Å². The van der Waals surface area contributed by atoms with Gasteiger partial charge in [0.1, 0.15) is 23.9 Å². The van der Waals surface area contributed by atoms with E-state index in [0.717, 1.165) is 0 Å². The SMILES string of the molecule is O=C([O-])C1=CCC[C@@H]([C@H](O)CO)O1. The lowest BCUT2D eigenvalue weighted by atomic mass is 10.1. The first-order chi connectivity index (χ1) is 6.15. The van der Waals surface area contributed by atoms with Gasteiger partial charge in [0.15, 0.2) is 0 Å². The number of hydrogen-bond acceptors (Lipinski definition) is 5. The summed E-state index contributed by atoms with van der Waals surface area (Å²) >= 11 is 0. The Labute approximate surface area is 75.3 Å². The number of aliphatic hydroxyl groups is 2. The van der Waals surface area contributed by atoms with Crippen LogP contribution in [0.4, 0.5) is 0 Å². The van der Waals surface area contributed by atoms with Crippen molar-refractivity contribution in [2.45, 2.75) is 25.0 Å². The van der Waals surface area contributed by atoms with E-state index in [1.165, 1.54) is 6.08 Å². The van der Waals surface area contributed by atoms with Crippen LogP contribution >= 0.6 is 0 Å². The number of carbonyl (C=O) groups is 1. The molecular weight excluding hydrogens is 176 g/mol. The maximum Gasteiger partial charge on any atom is 0.138 e. The molecule has 0 spiro atoms. The van der Waals surface area contributed by atoms with Crippen LogP contribution in [0.3, 0.4) is 0 Å². The molecule has 0 fully saturated rings. The van der Waals surface area contributed by atoms with Crippen LogP contribution in [-0.2, 0) is 9.53 Å². The minimum atomic E-state index is -1.39. The fourth-order valence-electron chi connectivity index (χ4n) is 1.17. The quantitative estimate of drug-likeness (QED) is 0.541. The topological polar surface area (TPSA) is 89.8 Å². The monoisotopic (exact) mass is 187 g/mol. The van der Waals surface area contributed by atoms with Crippen molar-refractivity contribution in [2.75, 3.05) is 6.61 Å². The van der Waals surface area contributed by atoms with Crippen LogP contribution in [0.5, 0.6) is 0 Å². The van der Waals surface area contributed by atoms with Crippen molar-refractivity contribution in [2.24, 2.45) is 0 Å². The molecule has 0 aromatic heterocycles. The lowest BCUT2D eigenvalue weighted by Crippen LogP contribution is -2.37. The molecule has 5 nitrogen and oxygen atoms in total. The van der Waals surface area contributed by atoms with Crippen molar-refractivity contribution in [3.8, 4) is 0 Å². The fraction of sp³-hybridized carbons (Fsp3) is 0.625. The second kappa shape index (κ2) is 4.25. The van der Waals surface area contributed by atoms with Gasteiger partial charge in [0.25, 0.3) is 0 Å². The number of ether oxygens (including phenoxy) is 1. The van der Waals surface area contributed by atoms with Crippen molar-refractivity contribution in [1.82, 2.24) is 0 Å². The molecule has 1 heterocycles. The van der Waals surface area contributed by atoms with Crippen LogP contribution in [0.1, 0.15) is 12.8 Å². The van der Waals surface area contributed by atoms with E-state index in [4.69, 9.17) is 14.9 Å². The molecule has 13 heavy (non-hydrogen) atoms. The van der Waals surface area contributed by atoms with Crippen LogP contribution in [-0.4, -0.2) is 35.0 Å². The molecule has 2 N–H and O–H groups in total. The molecule has 74 valence electrons. The van der Waals surface area contributed by atoms with Crippen molar-refractivity contribution >= 4 is 5.97 Å². The minimum Gasteiger partial charge on any atom is -0.542 e. The zero-order valence-electron chi connectivity index (χ0n) is 6.97. The van der Waals surface area contributed by atoms with Gasteiger partial charge < -0.3 is 24.9 Å². The third kappa shape index (κ3) is 2.43. The van der Waals surface area contributed by atoms with Gasteiger partial charge in [-0.05, 0) is 18.9 Å². The van der Waals surface area contributed by atoms with Gasteiger partial charge in [-0.3, -0.25) is 0 Å². The largest absolute Gasteiger partial charge is 0.542 e. The highest BCUT2D eigenvalue weighted by Crippen LogP contribution is 2.18. The predicted molar refractivity (Wildman–Crippen MR) is 40.3 cm³/mol. The first-order valence-corrected chi connectivity index (χ1v) is 4.02. The van der Waals surface area contributed by atoms with E-state index in [1.807, 2.05) is 0 Å². The molecule has 0 amide bonds. The minimum absolute atomic E-state index is 0.260. The standard InChI is InChI=1S/C8H12O5/c9-4-5(10)6-2-1-3-7(13-6)8(11)12/h3,5-6,9-10H,1-2,4H2,(H,11,12)/p-1/t5-,6+/m1/s1. The number of hydrogen-bond donors (Lipinski definition) is 2. The lowest BCUT2D eigenvalue weighted by Gasteiger charge is -2.27. The molecule has 0 saturated heterocycles. The Morgan fingerprint density at radius 1 is 1.85 bits per heavy atom. The van der Waals surface area contributed by atoms with Gasteiger partial charge in [-0.2, -0.15) is 0 Å². The number of aliphatic hydroxyl groups excluding tert-OH is 2. The maximum atomic E-state index is 10.4. The van der Waals surface area contributed by atoms with Crippen molar-refractivity contribution < 1.29 is 24.9 Å². The summed E-state index contributed by atoms with van der Waals surface area (Å²) in [5.74, 6) is -1.65. The molecule has 0 bridgehead atoms. The highest BCUT2D eigenvalue weighted by molar-refractivity contribution is 5.82. The predicted octanol–water partition coefficient (Wildman–Crippen LogP) is -1.85. The van der Waals surface area contributed by atoms with Gasteiger partial charge in [0.05, 0.1) is 6.61 Å². The highest BCUT2D eigenvalue weighted by Gasteiger charge is 2.23. The summed E-state index contributed by atoms with van der Waals surface area (Å²) in [4.78, 5) is 10.4. The number of aliphatic carboxylic acids is 1. The Kier molecular flexibility index (Phi) is 3.27. The van der Waals surface area contributed by atoms with E-state index in [-0.39, 0.29) is 5.76 Å². The number of carbonyl (C=O) groups excluding carboxylic acids is 1. The van der Waals surface area contributed by atoms with E-state index >= 15 is 0 Å². The van der Waals surface area contributed by atoms with Gasteiger partial charge in [-0.1, -0.05) is 0 Å². The normalized spacial score (nSPS) is 24.5. The van der Waals surface area contributed by atoms with Crippen LogP contribution in [0.25, 0.3) is 0 Å². The molecule has 0 saturated carbocycles. The average molecular weight is 187 g/mol. The van der Waals surface area contributed by atoms with Crippen LogP contribution in [0, 0.1) is 0 Å². The summed E-state index contributed by atoms with van der Waals surface area (Å²) in [7, 11) is 0. The molecule has 1 aliphatic heterocycles. The summed E-state index contributed by atoms with van der Waals surface area (Å²) in [6.45, 7) is -0.439. The lowest BCUT2D eigenvalue weighted by molar-refractivity contribution is -0.304. The Morgan fingerprint density at radius 3 is 3.08 bits per heavy atom. The molecule has 0 aromatic rings. The highest BCUT2D eigenvalue weighted by atomic mass is 16.5. The fourth-order valence-corrected chi connectivity index (χ4v) is 1.17. The van der Waals surface area contributed by atoms with Crippen LogP contribution in [0.15, 0.2) is 11.8 Å². The van der Waals surface area contributed by atoms with Crippen molar-refractivity contribution in [3.63, 3.8) is 0 Å². The molecule has 2 atom stereocenters. The third-order valence-corrected chi connectivity index (χ3v) is 1.88. The Morgan fingerprint density at radius 2 is 2.54 bits per heavy atom. The van der Waals surface area contributed by atoms with Gasteiger partial charge in [0, 0.05) is 0 Å². The van der Waals surface area contributed by atoms with Crippen molar-refractivity contribution in [3.05, 3.63) is 11.8 Å². The summed E-state index contributed by atoms with van der Waals surface area (Å²) in [5, 5.41) is 28.1. The Bertz CT molecular complexity index is 223. The second-order valence-electron chi connectivity index (χ2n) is 2.84. The summed E-state index contributed by atoms with van der Waals surface area (Å²) in [5.41, 5.74) is 0. The van der Waals surface area contributed by atoms with Gasteiger partial charge in [-0.15, -0.1) is 0 Å². The number of rotatable bonds is 3. The summed E-state index contributed by atoms with van der Waals surface area (Å²) < 4.78 is 4.89. The molecule has 0 unspecified atom stereocenters. The third-order valence-electron chi connectivity index (χ3n) is 1.88. The first-order valence-electron chi connectivity index (χ1n) is 4.02. The van der Waals surface area contributed by atoms with Gasteiger partial charge in [0.2, 0.25) is 0 Å². The van der Waals surface area contributed by atoms with E-state index < -0.39 is 24.8 Å². The number of carboxylic acid groups (broad SMARTS) is 1. The molecular formula is C8H11O5-. The summed E-state index contributed by atoms with van der Waals surface area (Å²) in [6.07, 6.45) is 0.713. The number of carboxylic acids is 1. The molecule has 0 aromatic carbocycles. The van der Waals surface area contributed by atoms with Crippen LogP contribution in [0.2, 0.25) is 0 Å². The van der Waals surface area contributed by atoms with Gasteiger partial charge in [-0.25, -0.2) is 0 Å². The van der Waals surface area contributed by atoms with E-state index in [0.29, 0.717) is 12.8 Å². The Balaban J connectivity index is 2.57. The molecule has 1 rings (SSSR count). The smallest absolute Gasteiger partial charge is 0.138 e. The molecule has 1 aliphatic rings. The van der Waals surface area contributed by atoms with Crippen LogP contribution < -0.4 is 5.11 Å². The zero-order valence-corrected chi connectivity index (χ0v) is 6.97. The van der Waals surface area contributed by atoms with E-state index in [1.54, 1.807) is 0 Å². The Hall–Kier alpha value is -1.07. The molecule has 0 aliphatic carbocycles. The van der Waals surface area contributed by atoms with E-state index in [9.17, 15) is 9.90 Å². The second-order valence-corrected chi connectivity index (χ2v) is 2.84. The van der Waals surface area contributed by atoms with Crippen molar-refractivity contribution in [1.29, 1.82) is 0 Å². The first kappa shape index (κ1) is 10.0. The summed E-state index contributed by atoms with van der Waals surface area (Å²) in [6, 6.07) is 0. The molecule has 5 heteroatoms. The van der Waals surface area contributed by atoms with E-state index in [2.05, 4.69) is 0 Å². The zero-order chi connectivity index (χ0) is 9.84. The maximum absolute atomic E-state index is 10.4.